The molecule has 0 aromatic carbocycles. The molecule has 0 rings (SSSR count). The maximum absolute atomic E-state index is 9.08. The van der Waals surface area contributed by atoms with Gasteiger partial charge >= 0.3 is 0 Å². The second-order valence-electron chi connectivity index (χ2n) is 4.09. The third kappa shape index (κ3) is 4.28. The van der Waals surface area contributed by atoms with Gasteiger partial charge in [0.25, 0.3) is 0 Å². The highest BCUT2D eigenvalue weighted by Gasteiger charge is 2.33. The van der Waals surface area contributed by atoms with E-state index in [1.807, 2.05) is 0 Å². The van der Waals surface area contributed by atoms with Gasteiger partial charge in [-0.15, -0.1) is 0 Å². The first-order valence-corrected chi connectivity index (χ1v) is 5.63. The molecule has 0 bridgehead atoms. The number of hydrogen-bond acceptors (Lipinski definition) is 7. The van der Waals surface area contributed by atoms with Crippen LogP contribution in [0.2, 0.25) is 0 Å². The van der Waals surface area contributed by atoms with Crippen molar-refractivity contribution in [1.29, 1.82) is 0 Å². The highest BCUT2D eigenvalue weighted by Crippen LogP contribution is 2.05. The van der Waals surface area contributed by atoms with Crippen molar-refractivity contribution in [2.45, 2.75) is 11.1 Å². The van der Waals surface area contributed by atoms with Gasteiger partial charge < -0.3 is 41.3 Å². The predicted octanol–water partition coefficient (Wildman–Crippen LogP) is -4.12. The fourth-order valence-corrected chi connectivity index (χ4v) is 1.48. The van der Waals surface area contributed by atoms with Crippen LogP contribution < -0.4 is 10.6 Å². The van der Waals surface area contributed by atoms with Crippen molar-refractivity contribution in [3.63, 3.8) is 0 Å². The zero-order chi connectivity index (χ0) is 14.2. The van der Waals surface area contributed by atoms with Crippen LogP contribution in [0.4, 0.5) is 0 Å². The minimum Gasteiger partial charge on any atom is -0.394 e. The lowest BCUT2D eigenvalue weighted by Crippen LogP contribution is -2.65. The summed E-state index contributed by atoms with van der Waals surface area (Å²) in [5.74, 6) is 0. The van der Waals surface area contributed by atoms with Gasteiger partial charge in [0.1, 0.15) is 11.1 Å². The predicted molar refractivity (Wildman–Crippen MR) is 66.8 cm³/mol. The number of nitrogens with one attached hydrogen (secondary N) is 2. The minimum atomic E-state index is -1.42. The second-order valence-corrected chi connectivity index (χ2v) is 4.50. The zero-order valence-corrected chi connectivity index (χ0v) is 10.7. The first-order chi connectivity index (χ1) is 8.46. The van der Waals surface area contributed by atoms with Gasteiger partial charge in [0.2, 0.25) is 0 Å². The third-order valence-corrected chi connectivity index (χ3v) is 2.78. The molecule has 0 saturated carbocycles. The van der Waals surface area contributed by atoms with Gasteiger partial charge in [0.05, 0.1) is 39.6 Å². The summed E-state index contributed by atoms with van der Waals surface area (Å²) in [5.41, 5.74) is -2.84. The molecule has 0 fully saturated rings. The third-order valence-electron chi connectivity index (χ3n) is 2.57. The molecule has 0 heterocycles. The smallest absolute Gasteiger partial charge is 0.167 e. The Balaban J connectivity index is 4.67. The first kappa shape index (κ1) is 17.4. The van der Waals surface area contributed by atoms with E-state index in [1.165, 1.54) is 0 Å². The van der Waals surface area contributed by atoms with E-state index in [1.54, 1.807) is 0 Å². The van der Waals surface area contributed by atoms with Crippen molar-refractivity contribution >= 4 is 17.3 Å². The van der Waals surface area contributed by atoms with Crippen molar-refractivity contribution in [2.24, 2.45) is 0 Å². The van der Waals surface area contributed by atoms with Crippen molar-refractivity contribution < 1.29 is 30.6 Å². The number of aliphatic hydroxyl groups excluding tert-OH is 6. The molecule has 0 atom stereocenters. The molecule has 0 amide bonds. The minimum absolute atomic E-state index is 0.135. The Morgan fingerprint density at radius 3 is 1.06 bits per heavy atom. The molecule has 0 spiro atoms. The molecule has 0 aliphatic carbocycles. The topological polar surface area (TPSA) is 145 Å². The van der Waals surface area contributed by atoms with Gasteiger partial charge in [-0.2, -0.15) is 0 Å². The van der Waals surface area contributed by atoms with Crippen molar-refractivity contribution in [1.82, 2.24) is 10.6 Å². The first-order valence-electron chi connectivity index (χ1n) is 5.22. The molecule has 0 aromatic rings. The SMILES string of the molecule is OCC(CO)(CO)NC(=S)NC(CO)(CO)CO. The normalized spacial score (nSPS) is 12.3. The molecule has 9 heteroatoms. The molecular formula is C9H20N2O6S. The Morgan fingerprint density at radius 1 is 0.667 bits per heavy atom. The molecule has 8 nitrogen and oxygen atoms in total. The molecule has 0 saturated heterocycles. The van der Waals surface area contributed by atoms with Gasteiger partial charge in [-0.05, 0) is 12.2 Å². The van der Waals surface area contributed by atoms with Crippen LogP contribution in [0.15, 0.2) is 0 Å². The molecule has 0 aliphatic heterocycles. The Labute approximate surface area is 110 Å². The zero-order valence-electron chi connectivity index (χ0n) is 9.83. The largest absolute Gasteiger partial charge is 0.394 e. The molecule has 0 aromatic heterocycles. The van der Waals surface area contributed by atoms with E-state index in [-0.39, 0.29) is 5.11 Å². The highest BCUT2D eigenvalue weighted by molar-refractivity contribution is 7.80. The number of aliphatic hydroxyl groups is 6. The molecule has 18 heavy (non-hydrogen) atoms. The molecule has 0 unspecified atom stereocenters. The number of hydrogen-bond donors (Lipinski definition) is 8. The van der Waals surface area contributed by atoms with Gasteiger partial charge in [-0.25, -0.2) is 0 Å². The van der Waals surface area contributed by atoms with Gasteiger partial charge in [-0.1, -0.05) is 0 Å². The second kappa shape index (κ2) is 7.79. The quantitative estimate of drug-likeness (QED) is 0.208. The average Bonchev–Trinajstić information content (AvgIpc) is 2.42. The standard InChI is InChI=1S/C9H20N2O6S/c12-1-8(2-13,3-14)10-7(18)11-9(4-15,5-16)6-17/h12-17H,1-6H2,(H2,10,11,18). The Hall–Kier alpha value is -0.550. The fraction of sp³-hybridized carbons (Fsp3) is 0.889. The van der Waals surface area contributed by atoms with Crippen molar-refractivity contribution in [3.8, 4) is 0 Å². The molecule has 0 radical (unpaired) electrons. The Morgan fingerprint density at radius 2 is 0.889 bits per heavy atom. The highest BCUT2D eigenvalue weighted by atomic mass is 32.1. The maximum atomic E-state index is 9.08. The summed E-state index contributed by atoms with van der Waals surface area (Å²) in [5, 5.41) is 59.3. The Bertz CT molecular complexity index is 217. The van der Waals surface area contributed by atoms with Crippen LogP contribution >= 0.6 is 12.2 Å². The summed E-state index contributed by atoms with van der Waals surface area (Å²) in [4.78, 5) is 0. The molecular weight excluding hydrogens is 264 g/mol. The van der Waals surface area contributed by atoms with Crippen LogP contribution in [-0.4, -0.2) is 86.5 Å². The number of rotatable bonds is 8. The van der Waals surface area contributed by atoms with E-state index < -0.39 is 50.7 Å². The fourth-order valence-electron chi connectivity index (χ4n) is 1.05. The van der Waals surface area contributed by atoms with Gasteiger partial charge in [-0.3, -0.25) is 0 Å². The molecule has 108 valence electrons. The lowest BCUT2D eigenvalue weighted by atomic mass is 10.0. The Kier molecular flexibility index (Phi) is 7.55. The van der Waals surface area contributed by atoms with E-state index in [9.17, 15) is 0 Å². The van der Waals surface area contributed by atoms with E-state index >= 15 is 0 Å². The summed E-state index contributed by atoms with van der Waals surface area (Å²) in [7, 11) is 0. The van der Waals surface area contributed by atoms with Crippen LogP contribution in [0.3, 0.4) is 0 Å². The van der Waals surface area contributed by atoms with E-state index in [0.29, 0.717) is 0 Å². The monoisotopic (exact) mass is 284 g/mol. The number of thiocarbonyl (C=S) groups is 1. The molecule has 8 N–H and O–H groups in total. The van der Waals surface area contributed by atoms with E-state index in [4.69, 9.17) is 42.9 Å². The summed E-state index contributed by atoms with van der Waals surface area (Å²) in [6, 6.07) is 0. The molecule has 0 aliphatic rings. The van der Waals surface area contributed by atoms with Crippen molar-refractivity contribution in [3.05, 3.63) is 0 Å². The summed E-state index contributed by atoms with van der Waals surface area (Å²) in [6.07, 6.45) is 0. The van der Waals surface area contributed by atoms with E-state index in [0.717, 1.165) is 0 Å². The van der Waals surface area contributed by atoms with Crippen LogP contribution in [0.25, 0.3) is 0 Å². The van der Waals surface area contributed by atoms with Crippen molar-refractivity contribution in [2.75, 3.05) is 39.6 Å². The summed E-state index contributed by atoms with van der Waals surface area (Å²) in [6.45, 7) is -3.46. The van der Waals surface area contributed by atoms with Crippen LogP contribution in [0.1, 0.15) is 0 Å². The lowest BCUT2D eigenvalue weighted by Gasteiger charge is -2.35. The lowest BCUT2D eigenvalue weighted by molar-refractivity contribution is 0.0458. The van der Waals surface area contributed by atoms with Crippen LogP contribution in [-0.2, 0) is 0 Å². The summed E-state index contributed by atoms with van der Waals surface area (Å²) < 4.78 is 0. The van der Waals surface area contributed by atoms with Gasteiger partial charge in [0.15, 0.2) is 5.11 Å². The maximum Gasteiger partial charge on any atom is 0.167 e. The van der Waals surface area contributed by atoms with Crippen LogP contribution in [0, 0.1) is 0 Å². The van der Waals surface area contributed by atoms with Gasteiger partial charge in [0, 0.05) is 0 Å². The van der Waals surface area contributed by atoms with Crippen LogP contribution in [0.5, 0.6) is 0 Å². The summed E-state index contributed by atoms with van der Waals surface area (Å²) >= 11 is 4.86. The average molecular weight is 284 g/mol. The van der Waals surface area contributed by atoms with E-state index in [2.05, 4.69) is 10.6 Å².